The van der Waals surface area contributed by atoms with Crippen LogP contribution in [-0.2, 0) is 10.0 Å². The maximum absolute atomic E-state index is 11.8. The van der Waals surface area contributed by atoms with E-state index < -0.39 is 10.0 Å². The lowest BCUT2D eigenvalue weighted by molar-refractivity contribution is 0.410. The molecule has 0 bridgehead atoms. The summed E-state index contributed by atoms with van der Waals surface area (Å²) in [5.41, 5.74) is 0. The first-order chi connectivity index (χ1) is 7.08. The molecule has 1 saturated heterocycles. The van der Waals surface area contributed by atoms with Crippen LogP contribution in [0.15, 0.2) is 33.6 Å². The number of benzene rings is 1. The molecule has 0 radical (unpaired) electrons. The molecule has 82 valence electrons. The molecule has 0 amide bonds. The average Bonchev–Trinajstić information content (AvgIpc) is 2.13. The van der Waals surface area contributed by atoms with Crippen LogP contribution in [0.1, 0.15) is 0 Å². The summed E-state index contributed by atoms with van der Waals surface area (Å²) < 4.78 is 27.1. The Kier molecular flexibility index (Phi) is 3.11. The SMILES string of the molecule is O=S(=O)(NC1CNC1)c1ccc(Br)cc1. The minimum absolute atomic E-state index is 0.0265. The van der Waals surface area contributed by atoms with Crippen molar-refractivity contribution < 1.29 is 8.42 Å². The van der Waals surface area contributed by atoms with Crippen LogP contribution >= 0.6 is 15.9 Å². The fourth-order valence-electron chi connectivity index (χ4n) is 1.27. The van der Waals surface area contributed by atoms with Gasteiger partial charge in [0, 0.05) is 23.6 Å². The third-order valence-corrected chi connectivity index (χ3v) is 4.29. The van der Waals surface area contributed by atoms with Crippen molar-refractivity contribution in [2.45, 2.75) is 10.9 Å². The molecule has 2 rings (SSSR count). The first kappa shape index (κ1) is 11.1. The Morgan fingerprint density at radius 3 is 2.33 bits per heavy atom. The molecule has 0 spiro atoms. The summed E-state index contributed by atoms with van der Waals surface area (Å²) in [7, 11) is -3.35. The zero-order valence-electron chi connectivity index (χ0n) is 7.90. The summed E-state index contributed by atoms with van der Waals surface area (Å²) in [4.78, 5) is 0.303. The lowest BCUT2D eigenvalue weighted by Gasteiger charge is -2.27. The number of hydrogen-bond donors (Lipinski definition) is 2. The lowest BCUT2D eigenvalue weighted by atomic mass is 10.2. The molecule has 1 heterocycles. The minimum atomic E-state index is -3.35. The monoisotopic (exact) mass is 290 g/mol. The van der Waals surface area contributed by atoms with Gasteiger partial charge in [0.2, 0.25) is 10.0 Å². The van der Waals surface area contributed by atoms with Gasteiger partial charge in [0.15, 0.2) is 0 Å². The van der Waals surface area contributed by atoms with Crippen LogP contribution in [0.2, 0.25) is 0 Å². The fourth-order valence-corrected chi connectivity index (χ4v) is 2.77. The second-order valence-electron chi connectivity index (χ2n) is 3.43. The highest BCUT2D eigenvalue weighted by atomic mass is 79.9. The highest BCUT2D eigenvalue weighted by Gasteiger charge is 2.23. The molecular weight excluding hydrogens is 280 g/mol. The van der Waals surface area contributed by atoms with Crippen LogP contribution in [0.4, 0.5) is 0 Å². The van der Waals surface area contributed by atoms with Crippen molar-refractivity contribution >= 4 is 26.0 Å². The fraction of sp³-hybridized carbons (Fsp3) is 0.333. The summed E-state index contributed by atoms with van der Waals surface area (Å²) in [5.74, 6) is 0. The topological polar surface area (TPSA) is 58.2 Å². The van der Waals surface area contributed by atoms with E-state index in [1.54, 1.807) is 24.3 Å². The molecule has 15 heavy (non-hydrogen) atoms. The molecule has 0 saturated carbocycles. The van der Waals surface area contributed by atoms with Gasteiger partial charge in [-0.1, -0.05) is 15.9 Å². The van der Waals surface area contributed by atoms with E-state index in [9.17, 15) is 8.42 Å². The van der Waals surface area contributed by atoms with E-state index in [0.717, 1.165) is 4.47 Å². The van der Waals surface area contributed by atoms with Crippen molar-refractivity contribution in [3.63, 3.8) is 0 Å². The zero-order chi connectivity index (χ0) is 10.9. The van der Waals surface area contributed by atoms with Crippen LogP contribution in [0.3, 0.4) is 0 Å². The lowest BCUT2D eigenvalue weighted by Crippen LogP contribution is -2.56. The number of nitrogens with one attached hydrogen (secondary N) is 2. The Morgan fingerprint density at radius 2 is 1.87 bits per heavy atom. The predicted octanol–water partition coefficient (Wildman–Crippen LogP) is 0.699. The first-order valence-corrected chi connectivity index (χ1v) is 6.84. The van der Waals surface area contributed by atoms with Crippen molar-refractivity contribution in [2.75, 3.05) is 13.1 Å². The molecule has 1 aliphatic heterocycles. The van der Waals surface area contributed by atoms with Gasteiger partial charge in [-0.2, -0.15) is 0 Å². The summed E-state index contributed by atoms with van der Waals surface area (Å²) in [5, 5.41) is 3.01. The third-order valence-electron chi connectivity index (χ3n) is 2.23. The van der Waals surface area contributed by atoms with E-state index in [4.69, 9.17) is 0 Å². The maximum Gasteiger partial charge on any atom is 0.240 e. The molecule has 1 fully saturated rings. The summed E-state index contributed by atoms with van der Waals surface area (Å²) in [6, 6.07) is 6.62. The number of sulfonamides is 1. The molecule has 1 aliphatic rings. The van der Waals surface area contributed by atoms with Crippen molar-refractivity contribution in [2.24, 2.45) is 0 Å². The molecule has 1 aromatic rings. The highest BCUT2D eigenvalue weighted by Crippen LogP contribution is 2.15. The second kappa shape index (κ2) is 4.21. The van der Waals surface area contributed by atoms with Gasteiger partial charge in [0.05, 0.1) is 4.90 Å². The van der Waals surface area contributed by atoms with E-state index in [-0.39, 0.29) is 6.04 Å². The molecule has 1 aromatic carbocycles. The molecule has 0 aliphatic carbocycles. The molecule has 6 heteroatoms. The van der Waals surface area contributed by atoms with E-state index in [2.05, 4.69) is 26.0 Å². The Labute approximate surface area is 97.2 Å². The Balaban J connectivity index is 2.17. The quantitative estimate of drug-likeness (QED) is 0.862. The van der Waals surface area contributed by atoms with Crippen molar-refractivity contribution in [3.05, 3.63) is 28.7 Å². The normalized spacial score (nSPS) is 17.4. The van der Waals surface area contributed by atoms with Gasteiger partial charge in [-0.3, -0.25) is 0 Å². The van der Waals surface area contributed by atoms with E-state index >= 15 is 0 Å². The van der Waals surface area contributed by atoms with Crippen LogP contribution in [-0.4, -0.2) is 27.5 Å². The Morgan fingerprint density at radius 1 is 1.27 bits per heavy atom. The van der Waals surface area contributed by atoms with Gasteiger partial charge in [0.1, 0.15) is 0 Å². The molecule has 0 atom stereocenters. The second-order valence-corrected chi connectivity index (χ2v) is 6.06. The predicted molar refractivity (Wildman–Crippen MR) is 61.1 cm³/mol. The molecular formula is C9H11BrN2O2S. The van der Waals surface area contributed by atoms with Crippen molar-refractivity contribution in [3.8, 4) is 0 Å². The Hall–Kier alpha value is -0.430. The molecule has 0 unspecified atom stereocenters. The van der Waals surface area contributed by atoms with Crippen molar-refractivity contribution in [1.82, 2.24) is 10.0 Å². The van der Waals surface area contributed by atoms with Gasteiger partial charge in [-0.15, -0.1) is 0 Å². The molecule has 2 N–H and O–H groups in total. The number of hydrogen-bond acceptors (Lipinski definition) is 3. The summed E-state index contributed by atoms with van der Waals surface area (Å²) >= 11 is 3.26. The third kappa shape index (κ3) is 2.57. The maximum atomic E-state index is 11.8. The molecule has 0 aromatic heterocycles. The van der Waals surface area contributed by atoms with Gasteiger partial charge >= 0.3 is 0 Å². The van der Waals surface area contributed by atoms with Crippen molar-refractivity contribution in [1.29, 1.82) is 0 Å². The Bertz CT molecular complexity index is 440. The standard InChI is InChI=1S/C9H11BrN2O2S/c10-7-1-3-9(4-2-7)15(13,14)12-8-5-11-6-8/h1-4,8,11-12H,5-6H2. The smallest absolute Gasteiger partial charge is 0.240 e. The van der Waals surface area contributed by atoms with Gasteiger partial charge in [-0.05, 0) is 24.3 Å². The zero-order valence-corrected chi connectivity index (χ0v) is 10.3. The average molecular weight is 291 g/mol. The van der Waals surface area contributed by atoms with Gasteiger partial charge in [-0.25, -0.2) is 13.1 Å². The van der Waals surface area contributed by atoms with Crippen LogP contribution in [0, 0.1) is 0 Å². The van der Waals surface area contributed by atoms with E-state index in [0.29, 0.717) is 18.0 Å². The summed E-state index contributed by atoms with van der Waals surface area (Å²) in [6.45, 7) is 1.41. The van der Waals surface area contributed by atoms with Gasteiger partial charge < -0.3 is 5.32 Å². The first-order valence-electron chi connectivity index (χ1n) is 4.56. The largest absolute Gasteiger partial charge is 0.313 e. The van der Waals surface area contributed by atoms with E-state index in [1.165, 1.54) is 0 Å². The van der Waals surface area contributed by atoms with Gasteiger partial charge in [0.25, 0.3) is 0 Å². The highest BCUT2D eigenvalue weighted by molar-refractivity contribution is 9.10. The number of halogens is 1. The number of rotatable bonds is 3. The van der Waals surface area contributed by atoms with Crippen LogP contribution in [0.25, 0.3) is 0 Å². The molecule has 4 nitrogen and oxygen atoms in total. The van der Waals surface area contributed by atoms with Crippen LogP contribution < -0.4 is 10.0 Å². The van der Waals surface area contributed by atoms with Crippen LogP contribution in [0.5, 0.6) is 0 Å². The van der Waals surface area contributed by atoms with E-state index in [1.807, 2.05) is 0 Å². The summed E-state index contributed by atoms with van der Waals surface area (Å²) in [6.07, 6.45) is 0. The minimum Gasteiger partial charge on any atom is -0.313 e.